The average molecular weight is 327 g/mol. The highest BCUT2D eigenvalue weighted by atomic mass is 32.1. The molecule has 1 aromatic carbocycles. The summed E-state index contributed by atoms with van der Waals surface area (Å²) in [6, 6.07) is 8.34. The van der Waals surface area contributed by atoms with E-state index in [1.54, 1.807) is 11.3 Å². The zero-order valence-electron chi connectivity index (χ0n) is 13.0. The molecule has 2 aromatic rings. The fourth-order valence-electron chi connectivity index (χ4n) is 5.60. The van der Waals surface area contributed by atoms with E-state index in [1.165, 1.54) is 12.8 Å². The van der Waals surface area contributed by atoms with Crippen LogP contribution in [0.3, 0.4) is 0 Å². The number of carbonyl (C=O) groups excluding carboxylic acids is 1. The number of rotatable bonds is 2. The number of hydrogen-bond donors (Lipinski definition) is 2. The molecule has 4 fully saturated rings. The first kappa shape index (κ1) is 14.0. The van der Waals surface area contributed by atoms with Crippen LogP contribution in [0, 0.1) is 17.8 Å². The molecule has 6 rings (SSSR count). The number of hydrogen-bond acceptors (Lipinski definition) is 3. The molecule has 1 aromatic heterocycles. The van der Waals surface area contributed by atoms with E-state index in [1.807, 2.05) is 23.6 Å². The van der Waals surface area contributed by atoms with Crippen molar-refractivity contribution in [3.8, 4) is 0 Å². The Morgan fingerprint density at radius 3 is 2.65 bits per heavy atom. The standard InChI is InChI=1S/C19H21NO2S/c21-18(15-10-23-16-4-2-1-3-14(15)16)20-17-12-5-11-6-13(17)9-19(22,7-11)8-12/h1-4,10-13,17,22H,5-9H2,(H,20,21)/t11?,12-,13?,17?,19?/m0/s1. The third-order valence-electron chi connectivity index (χ3n) is 6.26. The molecule has 4 aliphatic carbocycles. The van der Waals surface area contributed by atoms with E-state index in [0.29, 0.717) is 17.8 Å². The number of nitrogens with one attached hydrogen (secondary N) is 1. The molecule has 4 heteroatoms. The second kappa shape index (κ2) is 4.81. The lowest BCUT2D eigenvalue weighted by atomic mass is 9.52. The molecule has 5 atom stereocenters. The Morgan fingerprint density at radius 2 is 1.91 bits per heavy atom. The van der Waals surface area contributed by atoms with Gasteiger partial charge in [0, 0.05) is 21.5 Å². The van der Waals surface area contributed by atoms with Crippen LogP contribution in [0.5, 0.6) is 0 Å². The van der Waals surface area contributed by atoms with E-state index >= 15 is 0 Å². The Hall–Kier alpha value is -1.39. The molecule has 120 valence electrons. The van der Waals surface area contributed by atoms with Gasteiger partial charge in [0.25, 0.3) is 5.91 Å². The van der Waals surface area contributed by atoms with E-state index in [0.717, 1.165) is 34.9 Å². The molecule has 4 aliphatic rings. The predicted octanol–water partition coefficient (Wildman–Crippen LogP) is 3.57. The molecule has 4 unspecified atom stereocenters. The minimum Gasteiger partial charge on any atom is -0.390 e. The SMILES string of the molecule is O=C(NC1C2CC3C[C@H]1CC(O)(C3)C2)c1csc2ccccc12. The Labute approximate surface area is 139 Å². The van der Waals surface area contributed by atoms with Gasteiger partial charge in [-0.05, 0) is 55.9 Å². The lowest BCUT2D eigenvalue weighted by molar-refractivity contribution is -0.136. The Morgan fingerprint density at radius 1 is 1.17 bits per heavy atom. The fourth-order valence-corrected chi connectivity index (χ4v) is 6.54. The lowest BCUT2D eigenvalue weighted by Crippen LogP contribution is -2.61. The van der Waals surface area contributed by atoms with Crippen LogP contribution >= 0.6 is 11.3 Å². The van der Waals surface area contributed by atoms with Crippen molar-refractivity contribution in [2.45, 2.75) is 43.7 Å². The number of amides is 1. The first-order chi connectivity index (χ1) is 11.1. The van der Waals surface area contributed by atoms with Gasteiger partial charge in [0.1, 0.15) is 0 Å². The van der Waals surface area contributed by atoms with Gasteiger partial charge in [-0.2, -0.15) is 0 Å². The summed E-state index contributed by atoms with van der Waals surface area (Å²) in [7, 11) is 0. The van der Waals surface area contributed by atoms with Crippen molar-refractivity contribution in [3.05, 3.63) is 35.2 Å². The molecule has 0 spiro atoms. The summed E-state index contributed by atoms with van der Waals surface area (Å²) >= 11 is 1.63. The van der Waals surface area contributed by atoms with Gasteiger partial charge in [0.2, 0.25) is 0 Å². The van der Waals surface area contributed by atoms with Crippen LogP contribution in [-0.2, 0) is 0 Å². The van der Waals surface area contributed by atoms with Crippen molar-refractivity contribution < 1.29 is 9.90 Å². The number of fused-ring (bicyclic) bond motifs is 1. The third kappa shape index (κ3) is 2.15. The Balaban J connectivity index is 1.41. The molecular weight excluding hydrogens is 306 g/mol. The summed E-state index contributed by atoms with van der Waals surface area (Å²) in [6.45, 7) is 0. The van der Waals surface area contributed by atoms with Gasteiger partial charge in [0.05, 0.1) is 11.2 Å². The smallest absolute Gasteiger partial charge is 0.252 e. The van der Waals surface area contributed by atoms with Gasteiger partial charge in [-0.15, -0.1) is 11.3 Å². The molecule has 0 saturated heterocycles. The van der Waals surface area contributed by atoms with Gasteiger partial charge < -0.3 is 10.4 Å². The molecule has 1 heterocycles. The van der Waals surface area contributed by atoms with Crippen LogP contribution < -0.4 is 5.32 Å². The normalized spacial score (nSPS) is 38.1. The van der Waals surface area contributed by atoms with Crippen LogP contribution in [0.15, 0.2) is 29.6 Å². The van der Waals surface area contributed by atoms with Crippen LogP contribution in [0.4, 0.5) is 0 Å². The van der Waals surface area contributed by atoms with E-state index in [2.05, 4.69) is 11.4 Å². The van der Waals surface area contributed by atoms with E-state index in [4.69, 9.17) is 0 Å². The molecule has 4 bridgehead atoms. The topological polar surface area (TPSA) is 49.3 Å². The lowest BCUT2D eigenvalue weighted by Gasteiger charge is -2.58. The molecule has 4 saturated carbocycles. The van der Waals surface area contributed by atoms with Crippen LogP contribution in [0.25, 0.3) is 10.1 Å². The maximum atomic E-state index is 12.8. The number of carbonyl (C=O) groups is 1. The summed E-state index contributed by atoms with van der Waals surface area (Å²) in [6.07, 6.45) is 5.07. The number of aliphatic hydroxyl groups is 1. The van der Waals surface area contributed by atoms with Crippen molar-refractivity contribution in [3.63, 3.8) is 0 Å². The molecule has 2 N–H and O–H groups in total. The first-order valence-corrected chi connectivity index (χ1v) is 9.49. The molecule has 0 radical (unpaired) electrons. The minimum absolute atomic E-state index is 0.0620. The van der Waals surface area contributed by atoms with Gasteiger partial charge in [-0.1, -0.05) is 18.2 Å². The zero-order valence-corrected chi connectivity index (χ0v) is 13.8. The Kier molecular flexibility index (Phi) is 2.92. The van der Waals surface area contributed by atoms with Gasteiger partial charge in [-0.25, -0.2) is 0 Å². The van der Waals surface area contributed by atoms with E-state index in [-0.39, 0.29) is 11.9 Å². The number of thiophene rings is 1. The zero-order chi connectivity index (χ0) is 15.6. The molecule has 23 heavy (non-hydrogen) atoms. The quantitative estimate of drug-likeness (QED) is 0.886. The third-order valence-corrected chi connectivity index (χ3v) is 7.23. The van der Waals surface area contributed by atoms with Gasteiger partial charge >= 0.3 is 0 Å². The Bertz CT molecular complexity index is 767. The van der Waals surface area contributed by atoms with Crippen molar-refractivity contribution in [1.82, 2.24) is 5.32 Å². The van der Waals surface area contributed by atoms with Crippen LogP contribution in [-0.4, -0.2) is 22.7 Å². The summed E-state index contributed by atoms with van der Waals surface area (Å²) in [4.78, 5) is 12.8. The highest BCUT2D eigenvalue weighted by molar-refractivity contribution is 7.17. The largest absolute Gasteiger partial charge is 0.390 e. The maximum absolute atomic E-state index is 12.8. The monoisotopic (exact) mass is 327 g/mol. The molecule has 0 aliphatic heterocycles. The second-order valence-corrected chi connectivity index (χ2v) is 8.75. The number of benzene rings is 1. The summed E-state index contributed by atoms with van der Waals surface area (Å²) in [5.41, 5.74) is 0.366. The summed E-state index contributed by atoms with van der Waals surface area (Å²) in [5.74, 6) is 1.65. The second-order valence-electron chi connectivity index (χ2n) is 7.84. The summed E-state index contributed by atoms with van der Waals surface area (Å²) in [5, 5.41) is 17.0. The minimum atomic E-state index is -0.438. The first-order valence-electron chi connectivity index (χ1n) is 8.61. The van der Waals surface area contributed by atoms with Gasteiger partial charge in [0.15, 0.2) is 0 Å². The highest BCUT2D eigenvalue weighted by Gasteiger charge is 2.55. The molecule has 3 nitrogen and oxygen atoms in total. The van der Waals surface area contributed by atoms with E-state index < -0.39 is 5.60 Å². The van der Waals surface area contributed by atoms with Crippen molar-refractivity contribution in [2.24, 2.45) is 17.8 Å². The fraction of sp³-hybridized carbons (Fsp3) is 0.526. The molecule has 1 amide bonds. The summed E-state index contributed by atoms with van der Waals surface area (Å²) < 4.78 is 1.16. The highest BCUT2D eigenvalue weighted by Crippen LogP contribution is 2.55. The van der Waals surface area contributed by atoms with Crippen LogP contribution in [0.1, 0.15) is 42.5 Å². The van der Waals surface area contributed by atoms with Crippen molar-refractivity contribution in [1.29, 1.82) is 0 Å². The predicted molar refractivity (Wildman–Crippen MR) is 91.6 cm³/mol. The van der Waals surface area contributed by atoms with Crippen molar-refractivity contribution in [2.75, 3.05) is 0 Å². The molecular formula is C19H21NO2S. The van der Waals surface area contributed by atoms with Crippen LogP contribution in [0.2, 0.25) is 0 Å². The van der Waals surface area contributed by atoms with E-state index in [9.17, 15) is 9.90 Å². The maximum Gasteiger partial charge on any atom is 0.252 e. The average Bonchev–Trinajstić information content (AvgIpc) is 2.93. The van der Waals surface area contributed by atoms with Crippen molar-refractivity contribution >= 4 is 27.3 Å². The van der Waals surface area contributed by atoms with Gasteiger partial charge in [-0.3, -0.25) is 4.79 Å².